The zero-order chi connectivity index (χ0) is 14.8. The second kappa shape index (κ2) is 9.78. The maximum Gasteiger partial charge on any atom is 0.305 e. The third-order valence-electron chi connectivity index (χ3n) is 3.09. The first-order chi connectivity index (χ1) is 9.61. The Bertz CT molecular complexity index is 392. The number of nitrogens with zero attached hydrogens (tertiary/aromatic N) is 1. The molecular formula is C16H24ClNO2. The summed E-state index contributed by atoms with van der Waals surface area (Å²) in [5.74, 6) is -0.0815. The minimum atomic E-state index is -0.0815. The molecule has 0 heterocycles. The highest BCUT2D eigenvalue weighted by molar-refractivity contribution is 6.30. The number of hydrogen-bond donors (Lipinski definition) is 0. The van der Waals surface area contributed by atoms with Crippen molar-refractivity contribution in [2.45, 2.75) is 39.2 Å². The van der Waals surface area contributed by atoms with Crippen molar-refractivity contribution in [3.63, 3.8) is 0 Å². The fraction of sp³-hybridized carbons (Fsp3) is 0.562. The fourth-order valence-electron chi connectivity index (χ4n) is 2.04. The van der Waals surface area contributed by atoms with Crippen molar-refractivity contribution in [1.29, 1.82) is 0 Å². The summed E-state index contributed by atoms with van der Waals surface area (Å²) in [6.45, 7) is 4.27. The summed E-state index contributed by atoms with van der Waals surface area (Å²) in [7, 11) is 2.11. The van der Waals surface area contributed by atoms with Crippen LogP contribution in [0.3, 0.4) is 0 Å². The van der Waals surface area contributed by atoms with Gasteiger partial charge in [-0.3, -0.25) is 4.79 Å². The minimum Gasteiger partial charge on any atom is -0.466 e. The van der Waals surface area contributed by atoms with Gasteiger partial charge in [-0.15, -0.1) is 0 Å². The van der Waals surface area contributed by atoms with Gasteiger partial charge in [0.25, 0.3) is 0 Å². The van der Waals surface area contributed by atoms with Crippen LogP contribution >= 0.6 is 11.6 Å². The number of carbonyl (C=O) groups is 1. The molecule has 0 spiro atoms. The number of hydrogen-bond acceptors (Lipinski definition) is 3. The summed E-state index contributed by atoms with van der Waals surface area (Å²) in [4.78, 5) is 13.5. The molecule has 0 aliphatic carbocycles. The highest BCUT2D eigenvalue weighted by Crippen LogP contribution is 2.11. The van der Waals surface area contributed by atoms with E-state index < -0.39 is 0 Å². The van der Waals surface area contributed by atoms with Crippen molar-refractivity contribution in [3.8, 4) is 0 Å². The summed E-state index contributed by atoms with van der Waals surface area (Å²) in [5.41, 5.74) is 1.27. The first-order valence-electron chi connectivity index (χ1n) is 7.20. The number of halogens is 1. The van der Waals surface area contributed by atoms with E-state index in [1.807, 2.05) is 19.1 Å². The molecule has 0 amide bonds. The van der Waals surface area contributed by atoms with E-state index in [-0.39, 0.29) is 5.97 Å². The molecule has 0 aliphatic heterocycles. The molecule has 1 rings (SSSR count). The van der Waals surface area contributed by atoms with Crippen LogP contribution in [0, 0.1) is 0 Å². The van der Waals surface area contributed by atoms with Crippen LogP contribution in [-0.4, -0.2) is 31.1 Å². The standard InChI is InChI=1S/C16H24ClNO2/c1-3-20-16(19)7-5-4-6-12-18(2)13-14-8-10-15(17)11-9-14/h8-11H,3-7,12-13H2,1-2H3. The van der Waals surface area contributed by atoms with Crippen molar-refractivity contribution < 1.29 is 9.53 Å². The van der Waals surface area contributed by atoms with Crippen molar-refractivity contribution in [3.05, 3.63) is 34.9 Å². The second-order valence-corrected chi connectivity index (χ2v) is 5.42. The Hall–Kier alpha value is -1.06. The molecule has 0 aliphatic rings. The molecule has 0 unspecified atom stereocenters. The zero-order valence-electron chi connectivity index (χ0n) is 12.4. The smallest absolute Gasteiger partial charge is 0.305 e. The van der Waals surface area contributed by atoms with Gasteiger partial charge >= 0.3 is 5.97 Å². The van der Waals surface area contributed by atoms with Gasteiger partial charge in [0, 0.05) is 18.0 Å². The van der Waals surface area contributed by atoms with E-state index in [1.54, 1.807) is 0 Å². The molecule has 3 nitrogen and oxygen atoms in total. The van der Waals surface area contributed by atoms with Gasteiger partial charge in [-0.25, -0.2) is 0 Å². The number of rotatable bonds is 9. The molecule has 0 aromatic heterocycles. The second-order valence-electron chi connectivity index (χ2n) is 4.98. The van der Waals surface area contributed by atoms with Crippen molar-refractivity contribution in [2.24, 2.45) is 0 Å². The normalized spacial score (nSPS) is 10.8. The lowest BCUT2D eigenvalue weighted by molar-refractivity contribution is -0.143. The van der Waals surface area contributed by atoms with Crippen molar-refractivity contribution in [1.82, 2.24) is 4.90 Å². The third-order valence-corrected chi connectivity index (χ3v) is 3.34. The summed E-state index contributed by atoms with van der Waals surface area (Å²) >= 11 is 5.86. The van der Waals surface area contributed by atoms with Gasteiger partial charge < -0.3 is 9.64 Å². The molecule has 0 fully saturated rings. The largest absolute Gasteiger partial charge is 0.466 e. The number of ether oxygens (including phenoxy) is 1. The van der Waals surface area contributed by atoms with Crippen LogP contribution in [0.15, 0.2) is 24.3 Å². The fourth-order valence-corrected chi connectivity index (χ4v) is 2.17. The van der Waals surface area contributed by atoms with E-state index in [2.05, 4.69) is 24.1 Å². The van der Waals surface area contributed by atoms with Gasteiger partial charge in [-0.1, -0.05) is 30.2 Å². The Morgan fingerprint density at radius 3 is 2.55 bits per heavy atom. The maximum atomic E-state index is 11.2. The van der Waals surface area contributed by atoms with Crippen LogP contribution in [0.1, 0.15) is 38.2 Å². The molecule has 4 heteroatoms. The van der Waals surface area contributed by atoms with E-state index in [0.29, 0.717) is 13.0 Å². The Balaban J connectivity index is 2.09. The average Bonchev–Trinajstić information content (AvgIpc) is 2.41. The number of esters is 1. The van der Waals surface area contributed by atoms with Crippen LogP contribution < -0.4 is 0 Å². The Kier molecular flexibility index (Phi) is 8.31. The van der Waals surface area contributed by atoms with Gasteiger partial charge in [0.2, 0.25) is 0 Å². The number of carbonyl (C=O) groups excluding carboxylic acids is 1. The third kappa shape index (κ3) is 7.51. The first kappa shape index (κ1) is 17.0. The first-order valence-corrected chi connectivity index (χ1v) is 7.58. The van der Waals surface area contributed by atoms with Crippen LogP contribution in [0.25, 0.3) is 0 Å². The van der Waals surface area contributed by atoms with E-state index >= 15 is 0 Å². The molecule has 20 heavy (non-hydrogen) atoms. The molecule has 1 aromatic rings. The highest BCUT2D eigenvalue weighted by atomic mass is 35.5. The van der Waals surface area contributed by atoms with Gasteiger partial charge in [-0.05, 0) is 51.1 Å². The lowest BCUT2D eigenvalue weighted by atomic mass is 10.1. The predicted octanol–water partition coefficient (Wildman–Crippen LogP) is 3.90. The SMILES string of the molecule is CCOC(=O)CCCCCN(C)Cc1ccc(Cl)cc1. The predicted molar refractivity (Wildman–Crippen MR) is 82.9 cm³/mol. The van der Waals surface area contributed by atoms with Crippen molar-refractivity contribution in [2.75, 3.05) is 20.2 Å². The summed E-state index contributed by atoms with van der Waals surface area (Å²) in [6, 6.07) is 7.95. The molecule has 1 aromatic carbocycles. The molecule has 0 saturated heterocycles. The summed E-state index contributed by atoms with van der Waals surface area (Å²) in [5, 5.41) is 0.773. The zero-order valence-corrected chi connectivity index (χ0v) is 13.2. The van der Waals surface area contributed by atoms with E-state index in [0.717, 1.165) is 37.4 Å². The minimum absolute atomic E-state index is 0.0815. The van der Waals surface area contributed by atoms with Gasteiger partial charge in [0.1, 0.15) is 0 Å². The van der Waals surface area contributed by atoms with Crippen LogP contribution in [-0.2, 0) is 16.1 Å². The van der Waals surface area contributed by atoms with Gasteiger partial charge in [0.15, 0.2) is 0 Å². The molecule has 0 radical (unpaired) electrons. The lowest BCUT2D eigenvalue weighted by Gasteiger charge is -2.16. The molecule has 0 N–H and O–H groups in total. The number of benzene rings is 1. The van der Waals surface area contributed by atoms with E-state index in [4.69, 9.17) is 16.3 Å². The lowest BCUT2D eigenvalue weighted by Crippen LogP contribution is -2.19. The van der Waals surface area contributed by atoms with E-state index in [9.17, 15) is 4.79 Å². The average molecular weight is 298 g/mol. The molecule has 0 saturated carbocycles. The Morgan fingerprint density at radius 1 is 1.20 bits per heavy atom. The van der Waals surface area contributed by atoms with E-state index in [1.165, 1.54) is 5.56 Å². The maximum absolute atomic E-state index is 11.2. The summed E-state index contributed by atoms with van der Waals surface area (Å²) < 4.78 is 4.90. The Morgan fingerprint density at radius 2 is 1.90 bits per heavy atom. The van der Waals surface area contributed by atoms with Crippen molar-refractivity contribution >= 4 is 17.6 Å². The highest BCUT2D eigenvalue weighted by Gasteiger charge is 2.03. The van der Waals surface area contributed by atoms with Crippen LogP contribution in [0.2, 0.25) is 5.02 Å². The molecule has 0 atom stereocenters. The number of unbranched alkanes of at least 4 members (excludes halogenated alkanes) is 2. The monoisotopic (exact) mass is 297 g/mol. The molecule has 112 valence electrons. The van der Waals surface area contributed by atoms with Crippen LogP contribution in [0.4, 0.5) is 0 Å². The van der Waals surface area contributed by atoms with Gasteiger partial charge in [-0.2, -0.15) is 0 Å². The van der Waals surface area contributed by atoms with Gasteiger partial charge in [0.05, 0.1) is 6.61 Å². The summed E-state index contributed by atoms with van der Waals surface area (Å²) in [6.07, 6.45) is 3.61. The molecular weight excluding hydrogens is 274 g/mol. The Labute approximate surface area is 126 Å². The molecule has 0 bridgehead atoms. The topological polar surface area (TPSA) is 29.5 Å². The quantitative estimate of drug-likeness (QED) is 0.511. The van der Waals surface area contributed by atoms with Crippen LogP contribution in [0.5, 0.6) is 0 Å².